The highest BCUT2D eigenvalue weighted by atomic mass is 32.2. The Kier molecular flexibility index (Phi) is 6.49. The third kappa shape index (κ3) is 4.91. The first-order valence-corrected chi connectivity index (χ1v) is 7.24. The van der Waals surface area contributed by atoms with E-state index in [1.807, 2.05) is 18.2 Å². The molecule has 1 aromatic heterocycles. The van der Waals surface area contributed by atoms with Crippen molar-refractivity contribution in [2.45, 2.75) is 24.9 Å². The summed E-state index contributed by atoms with van der Waals surface area (Å²) in [5.74, 6) is 0.787. The van der Waals surface area contributed by atoms with E-state index in [9.17, 15) is 4.79 Å². The maximum absolute atomic E-state index is 11.7. The Balaban J connectivity index is 2.48. The number of aromatic nitrogens is 2. The van der Waals surface area contributed by atoms with E-state index in [-0.39, 0.29) is 5.91 Å². The summed E-state index contributed by atoms with van der Waals surface area (Å²) >= 11 is 1.49. The van der Waals surface area contributed by atoms with Gasteiger partial charge < -0.3 is 10.2 Å². The molecule has 1 amide bonds. The SMILES string of the molecule is CCCCNC(=O)CN(C)c1ccnc(SC)n1. The summed E-state index contributed by atoms with van der Waals surface area (Å²) in [6.45, 7) is 3.15. The molecule has 0 aliphatic heterocycles. The molecular formula is C12H20N4OS. The maximum Gasteiger partial charge on any atom is 0.239 e. The third-order valence-corrected chi connectivity index (χ3v) is 2.99. The molecule has 5 nitrogen and oxygen atoms in total. The third-order valence-electron chi connectivity index (χ3n) is 2.43. The number of hydrogen-bond acceptors (Lipinski definition) is 5. The van der Waals surface area contributed by atoms with E-state index in [0.717, 1.165) is 25.2 Å². The smallest absolute Gasteiger partial charge is 0.239 e. The minimum Gasteiger partial charge on any atom is -0.355 e. The van der Waals surface area contributed by atoms with Crippen molar-refractivity contribution in [1.82, 2.24) is 15.3 Å². The molecule has 1 heterocycles. The number of hydrogen-bond donors (Lipinski definition) is 1. The van der Waals surface area contributed by atoms with Crippen LogP contribution in [0.1, 0.15) is 19.8 Å². The van der Waals surface area contributed by atoms with Gasteiger partial charge in [0.25, 0.3) is 0 Å². The average molecular weight is 268 g/mol. The molecule has 0 unspecified atom stereocenters. The van der Waals surface area contributed by atoms with Crippen LogP contribution in [0.2, 0.25) is 0 Å². The summed E-state index contributed by atoms with van der Waals surface area (Å²) < 4.78 is 0. The van der Waals surface area contributed by atoms with Crippen LogP contribution in [0.5, 0.6) is 0 Å². The van der Waals surface area contributed by atoms with Crippen LogP contribution in [-0.4, -0.2) is 42.3 Å². The van der Waals surface area contributed by atoms with E-state index >= 15 is 0 Å². The fourth-order valence-electron chi connectivity index (χ4n) is 1.40. The number of rotatable bonds is 7. The van der Waals surface area contributed by atoms with Gasteiger partial charge in [0.1, 0.15) is 5.82 Å². The van der Waals surface area contributed by atoms with Gasteiger partial charge >= 0.3 is 0 Å². The van der Waals surface area contributed by atoms with Crippen molar-refractivity contribution in [2.75, 3.05) is 31.3 Å². The lowest BCUT2D eigenvalue weighted by Gasteiger charge is -2.17. The predicted molar refractivity (Wildman–Crippen MR) is 75.0 cm³/mol. The van der Waals surface area contributed by atoms with Gasteiger partial charge in [0, 0.05) is 19.8 Å². The minimum absolute atomic E-state index is 0.0234. The topological polar surface area (TPSA) is 58.1 Å². The van der Waals surface area contributed by atoms with Gasteiger partial charge in [-0.25, -0.2) is 9.97 Å². The number of amides is 1. The zero-order valence-corrected chi connectivity index (χ0v) is 12.0. The van der Waals surface area contributed by atoms with Gasteiger partial charge in [-0.3, -0.25) is 4.79 Å². The molecule has 0 saturated heterocycles. The summed E-state index contributed by atoms with van der Waals surface area (Å²) in [7, 11) is 1.85. The summed E-state index contributed by atoms with van der Waals surface area (Å²) in [5.41, 5.74) is 0. The average Bonchev–Trinajstić information content (AvgIpc) is 2.39. The fraction of sp³-hybridized carbons (Fsp3) is 0.583. The molecular weight excluding hydrogens is 248 g/mol. The van der Waals surface area contributed by atoms with Crippen LogP contribution in [0, 0.1) is 0 Å². The lowest BCUT2D eigenvalue weighted by molar-refractivity contribution is -0.119. The van der Waals surface area contributed by atoms with E-state index in [0.29, 0.717) is 11.7 Å². The normalized spacial score (nSPS) is 10.2. The van der Waals surface area contributed by atoms with E-state index in [1.54, 1.807) is 12.3 Å². The molecule has 18 heavy (non-hydrogen) atoms. The summed E-state index contributed by atoms with van der Waals surface area (Å²) in [5, 5.41) is 3.60. The van der Waals surface area contributed by atoms with Crippen molar-refractivity contribution < 1.29 is 4.79 Å². The second kappa shape index (κ2) is 7.92. The summed E-state index contributed by atoms with van der Waals surface area (Å²) in [6.07, 6.45) is 5.73. The molecule has 1 N–H and O–H groups in total. The van der Waals surface area contributed by atoms with Crippen molar-refractivity contribution in [1.29, 1.82) is 0 Å². The van der Waals surface area contributed by atoms with E-state index in [4.69, 9.17) is 0 Å². The fourth-order valence-corrected chi connectivity index (χ4v) is 1.75. The van der Waals surface area contributed by atoms with Gasteiger partial charge in [0.15, 0.2) is 5.16 Å². The highest BCUT2D eigenvalue weighted by Gasteiger charge is 2.08. The Morgan fingerprint density at radius 3 is 3.00 bits per heavy atom. The lowest BCUT2D eigenvalue weighted by Crippen LogP contribution is -2.36. The molecule has 0 radical (unpaired) electrons. The predicted octanol–water partition coefficient (Wildman–Crippen LogP) is 1.55. The Hall–Kier alpha value is -1.30. The van der Waals surface area contributed by atoms with Gasteiger partial charge in [0.2, 0.25) is 5.91 Å². The molecule has 0 aliphatic rings. The number of thioether (sulfide) groups is 1. The van der Waals surface area contributed by atoms with Crippen molar-refractivity contribution in [3.05, 3.63) is 12.3 Å². The molecule has 0 fully saturated rings. The maximum atomic E-state index is 11.7. The first kappa shape index (κ1) is 14.8. The van der Waals surface area contributed by atoms with E-state index < -0.39 is 0 Å². The van der Waals surface area contributed by atoms with Gasteiger partial charge in [0.05, 0.1) is 6.54 Å². The number of unbranched alkanes of at least 4 members (excludes halogenated alkanes) is 1. The van der Waals surface area contributed by atoms with Gasteiger partial charge in [-0.2, -0.15) is 0 Å². The monoisotopic (exact) mass is 268 g/mol. The Morgan fingerprint density at radius 2 is 2.33 bits per heavy atom. The summed E-state index contributed by atoms with van der Waals surface area (Å²) in [4.78, 5) is 21.9. The van der Waals surface area contributed by atoms with Gasteiger partial charge in [-0.15, -0.1) is 0 Å². The van der Waals surface area contributed by atoms with Crippen LogP contribution in [0.3, 0.4) is 0 Å². The number of anilines is 1. The van der Waals surface area contributed by atoms with Crippen LogP contribution in [-0.2, 0) is 4.79 Å². The summed E-state index contributed by atoms with van der Waals surface area (Å²) in [6, 6.07) is 1.80. The lowest BCUT2D eigenvalue weighted by atomic mass is 10.3. The Morgan fingerprint density at radius 1 is 1.56 bits per heavy atom. The molecule has 100 valence electrons. The standard InChI is InChI=1S/C12H20N4OS/c1-4-5-7-13-11(17)9-16(2)10-6-8-14-12(15-10)18-3/h6,8H,4-5,7,9H2,1-3H3,(H,13,17). The van der Waals surface area contributed by atoms with Gasteiger partial charge in [-0.1, -0.05) is 25.1 Å². The van der Waals surface area contributed by atoms with Crippen molar-refractivity contribution in [3.63, 3.8) is 0 Å². The van der Waals surface area contributed by atoms with Crippen molar-refractivity contribution >= 4 is 23.5 Å². The Bertz CT molecular complexity index is 386. The zero-order chi connectivity index (χ0) is 13.4. The molecule has 0 bridgehead atoms. The number of nitrogens with one attached hydrogen (secondary N) is 1. The van der Waals surface area contributed by atoms with E-state index in [1.165, 1.54) is 11.8 Å². The molecule has 1 aromatic rings. The molecule has 0 saturated carbocycles. The number of carbonyl (C=O) groups is 1. The van der Waals surface area contributed by atoms with Gasteiger partial charge in [-0.05, 0) is 18.7 Å². The zero-order valence-electron chi connectivity index (χ0n) is 11.1. The first-order valence-electron chi connectivity index (χ1n) is 6.02. The van der Waals surface area contributed by atoms with Crippen LogP contribution in [0.15, 0.2) is 17.4 Å². The highest BCUT2D eigenvalue weighted by Crippen LogP contribution is 2.13. The number of likely N-dealkylation sites (N-methyl/N-ethyl adjacent to an activating group) is 1. The minimum atomic E-state index is 0.0234. The highest BCUT2D eigenvalue weighted by molar-refractivity contribution is 7.98. The molecule has 0 atom stereocenters. The second-order valence-electron chi connectivity index (χ2n) is 3.96. The molecule has 6 heteroatoms. The van der Waals surface area contributed by atoms with Crippen LogP contribution < -0.4 is 10.2 Å². The molecule has 0 aliphatic carbocycles. The van der Waals surface area contributed by atoms with Crippen molar-refractivity contribution in [3.8, 4) is 0 Å². The number of nitrogens with zero attached hydrogens (tertiary/aromatic N) is 3. The van der Waals surface area contributed by atoms with Crippen LogP contribution >= 0.6 is 11.8 Å². The number of carbonyl (C=O) groups excluding carboxylic acids is 1. The van der Waals surface area contributed by atoms with E-state index in [2.05, 4.69) is 22.2 Å². The first-order chi connectivity index (χ1) is 8.67. The van der Waals surface area contributed by atoms with Crippen molar-refractivity contribution in [2.24, 2.45) is 0 Å². The molecule has 1 rings (SSSR count). The van der Waals surface area contributed by atoms with Crippen LogP contribution in [0.4, 0.5) is 5.82 Å². The van der Waals surface area contributed by atoms with Crippen LogP contribution in [0.25, 0.3) is 0 Å². The second-order valence-corrected chi connectivity index (χ2v) is 4.73. The molecule has 0 aromatic carbocycles. The molecule has 0 spiro atoms. The quantitative estimate of drug-likeness (QED) is 0.462. The Labute approximate surface area is 112 Å². The largest absolute Gasteiger partial charge is 0.355 e.